The van der Waals surface area contributed by atoms with Crippen LogP contribution in [0, 0.1) is 0 Å². The van der Waals surface area contributed by atoms with Crippen LogP contribution in [-0.4, -0.2) is 14.1 Å². The number of rotatable bonds is 12. The van der Waals surface area contributed by atoms with Crippen molar-refractivity contribution in [3.05, 3.63) is 24.5 Å². The fraction of sp³-hybridized carbons (Fsp3) is 0.737. The molecule has 0 saturated carbocycles. The molecule has 0 aromatic carbocycles. The molecule has 0 fully saturated rings. The summed E-state index contributed by atoms with van der Waals surface area (Å²) in [5.74, 6) is 0. The van der Waals surface area contributed by atoms with Gasteiger partial charge in [0.25, 0.3) is 0 Å². The van der Waals surface area contributed by atoms with Gasteiger partial charge in [-0.3, -0.25) is 0 Å². The van der Waals surface area contributed by atoms with E-state index in [2.05, 4.69) is 55.0 Å². The molecule has 0 radical (unpaired) electrons. The summed E-state index contributed by atoms with van der Waals surface area (Å²) in [6.07, 6.45) is 18.5. The first-order valence-corrected chi connectivity index (χ1v) is 8.90. The van der Waals surface area contributed by atoms with Gasteiger partial charge >= 0.3 is 0 Å². The SMILES string of the molecule is CCCCCCCCCCCC[n+]1ccc(N(C)C)cc1. The van der Waals surface area contributed by atoms with Crippen molar-refractivity contribution in [3.63, 3.8) is 0 Å². The summed E-state index contributed by atoms with van der Waals surface area (Å²) in [4.78, 5) is 2.14. The highest BCUT2D eigenvalue weighted by Crippen LogP contribution is 2.10. The maximum atomic E-state index is 2.30. The molecule has 0 saturated heterocycles. The van der Waals surface area contributed by atoms with Gasteiger partial charge in [-0.05, 0) is 6.42 Å². The third kappa shape index (κ3) is 8.75. The van der Waals surface area contributed by atoms with Crippen LogP contribution in [0.3, 0.4) is 0 Å². The monoisotopic (exact) mass is 291 g/mol. The molecule has 120 valence electrons. The van der Waals surface area contributed by atoms with Gasteiger partial charge < -0.3 is 4.90 Å². The van der Waals surface area contributed by atoms with Gasteiger partial charge in [0.1, 0.15) is 6.54 Å². The topological polar surface area (TPSA) is 7.12 Å². The molecule has 0 aliphatic carbocycles. The van der Waals surface area contributed by atoms with E-state index in [-0.39, 0.29) is 0 Å². The van der Waals surface area contributed by atoms with Gasteiger partial charge in [-0.2, -0.15) is 0 Å². The molecule has 1 aromatic rings. The number of pyridine rings is 1. The summed E-state index contributed by atoms with van der Waals surface area (Å²) < 4.78 is 2.30. The van der Waals surface area contributed by atoms with Crippen LogP contribution in [0.25, 0.3) is 0 Å². The second-order valence-electron chi connectivity index (χ2n) is 6.37. The normalized spacial score (nSPS) is 10.8. The smallest absolute Gasteiger partial charge is 0.170 e. The largest absolute Gasteiger partial charge is 0.377 e. The highest BCUT2D eigenvalue weighted by atomic mass is 15.1. The minimum absolute atomic E-state index is 1.16. The van der Waals surface area contributed by atoms with Gasteiger partial charge in [-0.1, -0.05) is 58.3 Å². The van der Waals surface area contributed by atoms with Crippen molar-refractivity contribution in [3.8, 4) is 0 Å². The lowest BCUT2D eigenvalue weighted by Gasteiger charge is -2.10. The molecule has 1 rings (SSSR count). The van der Waals surface area contributed by atoms with E-state index in [4.69, 9.17) is 0 Å². The van der Waals surface area contributed by atoms with Crippen molar-refractivity contribution >= 4 is 5.69 Å². The summed E-state index contributed by atoms with van der Waals surface area (Å²) in [6, 6.07) is 4.38. The Morgan fingerprint density at radius 2 is 1.24 bits per heavy atom. The summed E-state index contributed by atoms with van der Waals surface area (Å²) in [7, 11) is 4.17. The third-order valence-corrected chi connectivity index (χ3v) is 4.16. The number of hydrogen-bond donors (Lipinski definition) is 0. The second-order valence-corrected chi connectivity index (χ2v) is 6.37. The van der Waals surface area contributed by atoms with E-state index >= 15 is 0 Å². The number of anilines is 1. The number of hydrogen-bond acceptors (Lipinski definition) is 1. The van der Waals surface area contributed by atoms with Crippen LogP contribution in [0.1, 0.15) is 71.1 Å². The van der Waals surface area contributed by atoms with Crippen molar-refractivity contribution in [2.24, 2.45) is 0 Å². The van der Waals surface area contributed by atoms with Gasteiger partial charge in [0.2, 0.25) is 0 Å². The summed E-state index contributed by atoms with van der Waals surface area (Å²) >= 11 is 0. The van der Waals surface area contributed by atoms with E-state index in [0.717, 1.165) is 6.54 Å². The molecule has 21 heavy (non-hydrogen) atoms. The molecule has 0 spiro atoms. The average molecular weight is 292 g/mol. The van der Waals surface area contributed by atoms with E-state index in [9.17, 15) is 0 Å². The zero-order chi connectivity index (χ0) is 15.3. The average Bonchev–Trinajstić information content (AvgIpc) is 2.49. The van der Waals surface area contributed by atoms with Crippen LogP contribution < -0.4 is 9.47 Å². The van der Waals surface area contributed by atoms with E-state index in [1.165, 1.54) is 69.9 Å². The molecule has 0 N–H and O–H groups in total. The van der Waals surface area contributed by atoms with Gasteiger partial charge in [0, 0.05) is 38.3 Å². The van der Waals surface area contributed by atoms with Crippen LogP contribution in [0.5, 0.6) is 0 Å². The van der Waals surface area contributed by atoms with Gasteiger partial charge in [0.15, 0.2) is 12.4 Å². The maximum Gasteiger partial charge on any atom is 0.170 e. The lowest BCUT2D eigenvalue weighted by atomic mass is 10.1. The summed E-state index contributed by atoms with van der Waals surface area (Å²) in [5, 5.41) is 0. The summed E-state index contributed by atoms with van der Waals surface area (Å²) in [5.41, 5.74) is 1.27. The Hall–Kier alpha value is -1.05. The molecule has 0 bridgehead atoms. The van der Waals surface area contributed by atoms with Crippen molar-refractivity contribution in [1.82, 2.24) is 0 Å². The van der Waals surface area contributed by atoms with Crippen molar-refractivity contribution in [1.29, 1.82) is 0 Å². The Morgan fingerprint density at radius 1 is 0.762 bits per heavy atom. The van der Waals surface area contributed by atoms with Crippen LogP contribution in [0.4, 0.5) is 5.69 Å². The molecule has 2 heteroatoms. The van der Waals surface area contributed by atoms with E-state index in [1.54, 1.807) is 0 Å². The zero-order valence-corrected chi connectivity index (χ0v) is 14.5. The fourth-order valence-electron chi connectivity index (χ4n) is 2.68. The van der Waals surface area contributed by atoms with Crippen molar-refractivity contribution < 1.29 is 4.57 Å². The van der Waals surface area contributed by atoms with Crippen molar-refractivity contribution in [2.45, 2.75) is 77.7 Å². The molecule has 2 nitrogen and oxygen atoms in total. The molecule has 1 aromatic heterocycles. The number of aromatic nitrogens is 1. The fourth-order valence-corrected chi connectivity index (χ4v) is 2.68. The zero-order valence-electron chi connectivity index (χ0n) is 14.5. The molecule has 0 aliphatic rings. The molecule has 0 unspecified atom stereocenters. The Kier molecular flexibility index (Phi) is 9.94. The third-order valence-electron chi connectivity index (χ3n) is 4.16. The molecular formula is C19H35N2+. The number of nitrogens with zero attached hydrogens (tertiary/aromatic N) is 2. The van der Waals surface area contributed by atoms with Gasteiger partial charge in [0.05, 0.1) is 0 Å². The van der Waals surface area contributed by atoms with Gasteiger partial charge in [-0.15, -0.1) is 0 Å². The predicted octanol–water partition coefficient (Wildman–Crippen LogP) is 4.96. The van der Waals surface area contributed by atoms with Gasteiger partial charge in [-0.25, -0.2) is 4.57 Å². The van der Waals surface area contributed by atoms with Crippen LogP contribution in [0.2, 0.25) is 0 Å². The highest BCUT2D eigenvalue weighted by molar-refractivity contribution is 5.41. The quantitative estimate of drug-likeness (QED) is 0.390. The molecular weight excluding hydrogens is 256 g/mol. The second kappa shape index (κ2) is 11.6. The first-order chi connectivity index (χ1) is 10.2. The van der Waals surface area contributed by atoms with E-state index in [1.807, 2.05) is 0 Å². The Labute approximate surface area is 132 Å². The van der Waals surface area contributed by atoms with E-state index in [0.29, 0.717) is 0 Å². The first-order valence-electron chi connectivity index (χ1n) is 8.90. The minimum atomic E-state index is 1.16. The van der Waals surface area contributed by atoms with E-state index < -0.39 is 0 Å². The van der Waals surface area contributed by atoms with Crippen molar-refractivity contribution in [2.75, 3.05) is 19.0 Å². The number of aryl methyl sites for hydroxylation is 1. The molecule has 0 atom stereocenters. The molecule has 0 aliphatic heterocycles. The van der Waals surface area contributed by atoms with Crippen LogP contribution in [-0.2, 0) is 6.54 Å². The standard InChI is InChI=1S/C19H35N2/c1-4-5-6-7-8-9-10-11-12-13-16-21-17-14-19(15-18-21)20(2)3/h14-15,17-18H,4-13,16H2,1-3H3/q+1. The lowest BCUT2D eigenvalue weighted by molar-refractivity contribution is -0.697. The van der Waals surface area contributed by atoms with Crippen LogP contribution >= 0.6 is 0 Å². The predicted molar refractivity (Wildman–Crippen MR) is 92.8 cm³/mol. The Morgan fingerprint density at radius 3 is 1.71 bits per heavy atom. The molecule has 1 heterocycles. The van der Waals surface area contributed by atoms with Crippen LogP contribution in [0.15, 0.2) is 24.5 Å². The first kappa shape index (κ1) is 18.0. The lowest BCUT2D eigenvalue weighted by Crippen LogP contribution is -2.32. The minimum Gasteiger partial charge on any atom is -0.377 e. The Balaban J connectivity index is 1.96. The Bertz CT molecular complexity index is 343. The summed E-state index contributed by atoms with van der Waals surface area (Å²) in [6.45, 7) is 3.44. The number of unbranched alkanes of at least 4 members (excludes halogenated alkanes) is 9. The highest BCUT2D eigenvalue weighted by Gasteiger charge is 2.01. The molecule has 0 amide bonds. The maximum absolute atomic E-state index is 2.30.